The second-order valence-corrected chi connectivity index (χ2v) is 7.82. The van der Waals surface area contributed by atoms with Crippen LogP contribution in [0.25, 0.3) is 11.2 Å². The fraction of sp³-hybridized carbons (Fsp3) is 0.217. The van der Waals surface area contributed by atoms with Crippen LogP contribution in [0, 0.1) is 15.9 Å². The van der Waals surface area contributed by atoms with Gasteiger partial charge >= 0.3 is 5.69 Å². The Kier molecular flexibility index (Phi) is 7.01. The number of nitro benzene ring substituents is 1. The standard InChI is InChI=1S/C23H21FN6O6/c1-36-10-9-27-14-25-21-20(27)22(32)29(23(33)28(21)12-15-5-3-2-4-6-15)13-19(31)26-17-8-7-16(24)11-18(17)30(34)35/h2-8,11,14H,9-10,12-13H2,1H3,(H,26,31). The van der Waals surface area contributed by atoms with Crippen LogP contribution in [0.1, 0.15) is 5.56 Å². The highest BCUT2D eigenvalue weighted by Crippen LogP contribution is 2.24. The van der Waals surface area contributed by atoms with Crippen LogP contribution in [-0.2, 0) is 29.2 Å². The van der Waals surface area contributed by atoms with Crippen molar-refractivity contribution in [2.45, 2.75) is 19.6 Å². The number of imidazole rings is 1. The number of benzene rings is 2. The monoisotopic (exact) mass is 496 g/mol. The number of halogens is 1. The van der Waals surface area contributed by atoms with E-state index in [9.17, 15) is 28.9 Å². The van der Waals surface area contributed by atoms with Crippen LogP contribution in [0.3, 0.4) is 0 Å². The maximum Gasteiger partial charge on any atom is 0.333 e. The van der Waals surface area contributed by atoms with Gasteiger partial charge in [0.1, 0.15) is 18.0 Å². The van der Waals surface area contributed by atoms with Gasteiger partial charge in [-0.1, -0.05) is 30.3 Å². The Labute approximate surface area is 202 Å². The van der Waals surface area contributed by atoms with E-state index >= 15 is 0 Å². The van der Waals surface area contributed by atoms with Crippen LogP contribution in [-0.4, -0.2) is 43.2 Å². The van der Waals surface area contributed by atoms with Gasteiger partial charge in [0.2, 0.25) is 5.91 Å². The molecule has 2 heterocycles. The number of nitrogens with zero attached hydrogens (tertiary/aromatic N) is 5. The summed E-state index contributed by atoms with van der Waals surface area (Å²) in [6, 6.07) is 11.7. The van der Waals surface area contributed by atoms with Crippen molar-refractivity contribution in [1.82, 2.24) is 18.7 Å². The number of nitro groups is 1. The Bertz CT molecular complexity index is 1560. The molecule has 186 valence electrons. The molecule has 0 saturated carbocycles. The lowest BCUT2D eigenvalue weighted by Gasteiger charge is -2.13. The number of ether oxygens (including phenoxy) is 1. The fourth-order valence-electron chi connectivity index (χ4n) is 3.74. The quantitative estimate of drug-likeness (QED) is 0.275. The summed E-state index contributed by atoms with van der Waals surface area (Å²) in [5.41, 5.74) is -1.45. The van der Waals surface area contributed by atoms with Crippen LogP contribution in [0.4, 0.5) is 15.8 Å². The topological polar surface area (TPSA) is 143 Å². The molecule has 2 aromatic heterocycles. The number of fused-ring (bicyclic) bond motifs is 1. The summed E-state index contributed by atoms with van der Waals surface area (Å²) in [4.78, 5) is 54.1. The summed E-state index contributed by atoms with van der Waals surface area (Å²) < 4.78 is 22.1. The zero-order valence-corrected chi connectivity index (χ0v) is 19.1. The highest BCUT2D eigenvalue weighted by atomic mass is 19.1. The highest BCUT2D eigenvalue weighted by molar-refractivity contribution is 5.93. The normalized spacial score (nSPS) is 11.1. The minimum atomic E-state index is -0.877. The first kappa shape index (κ1) is 24.5. The average molecular weight is 496 g/mol. The van der Waals surface area contributed by atoms with E-state index in [-0.39, 0.29) is 36.5 Å². The molecule has 12 nitrogen and oxygen atoms in total. The molecule has 0 bridgehead atoms. The predicted molar refractivity (Wildman–Crippen MR) is 127 cm³/mol. The predicted octanol–water partition coefficient (Wildman–Crippen LogP) is 1.74. The lowest BCUT2D eigenvalue weighted by Crippen LogP contribution is -2.43. The molecule has 0 unspecified atom stereocenters. The van der Waals surface area contributed by atoms with Gasteiger partial charge in [-0.2, -0.15) is 0 Å². The number of amides is 1. The summed E-state index contributed by atoms with van der Waals surface area (Å²) in [5, 5.41) is 13.5. The maximum absolute atomic E-state index is 13.4. The SMILES string of the molecule is COCCn1cnc2c1c(=O)n(CC(=O)Nc1ccc(F)cc1[N+](=O)[O-])c(=O)n2Cc1ccccc1. The summed E-state index contributed by atoms with van der Waals surface area (Å²) >= 11 is 0. The van der Waals surface area contributed by atoms with Gasteiger partial charge in [-0.3, -0.25) is 24.3 Å². The molecule has 13 heteroatoms. The molecule has 0 aliphatic carbocycles. The fourth-order valence-corrected chi connectivity index (χ4v) is 3.74. The average Bonchev–Trinajstić information content (AvgIpc) is 3.28. The largest absolute Gasteiger partial charge is 0.383 e. The molecule has 2 aromatic carbocycles. The first-order chi connectivity index (χ1) is 17.3. The molecule has 0 aliphatic rings. The Balaban J connectivity index is 1.77. The van der Waals surface area contributed by atoms with Crippen LogP contribution in [0.2, 0.25) is 0 Å². The van der Waals surface area contributed by atoms with Gasteiger partial charge in [-0.05, 0) is 17.7 Å². The van der Waals surface area contributed by atoms with Crippen LogP contribution >= 0.6 is 0 Å². The van der Waals surface area contributed by atoms with Crippen molar-refractivity contribution in [3.63, 3.8) is 0 Å². The molecule has 0 fully saturated rings. The number of rotatable bonds is 9. The number of nitrogens with one attached hydrogen (secondary N) is 1. The van der Waals surface area contributed by atoms with E-state index in [2.05, 4.69) is 10.3 Å². The summed E-state index contributed by atoms with van der Waals surface area (Å²) in [6.45, 7) is -0.0909. The van der Waals surface area contributed by atoms with E-state index in [1.807, 2.05) is 6.07 Å². The Morgan fingerprint density at radius 3 is 2.61 bits per heavy atom. The lowest BCUT2D eigenvalue weighted by atomic mass is 10.2. The second kappa shape index (κ2) is 10.3. The Hall–Kier alpha value is -4.65. The van der Waals surface area contributed by atoms with Gasteiger partial charge in [-0.15, -0.1) is 0 Å². The molecule has 0 radical (unpaired) electrons. The maximum atomic E-state index is 13.4. The molecule has 0 atom stereocenters. The van der Waals surface area contributed by atoms with Crippen LogP contribution in [0.15, 0.2) is 64.4 Å². The van der Waals surface area contributed by atoms with E-state index in [1.165, 1.54) is 22.6 Å². The molecule has 0 spiro atoms. The summed E-state index contributed by atoms with van der Waals surface area (Å²) in [6.07, 6.45) is 1.41. The molecule has 0 saturated heterocycles. The lowest BCUT2D eigenvalue weighted by molar-refractivity contribution is -0.384. The van der Waals surface area contributed by atoms with Crippen molar-refractivity contribution in [3.05, 3.63) is 97.2 Å². The number of anilines is 1. The third-order valence-corrected chi connectivity index (χ3v) is 5.44. The molecule has 4 rings (SSSR count). The number of hydrogen-bond acceptors (Lipinski definition) is 7. The van der Waals surface area contributed by atoms with Crippen molar-refractivity contribution in [2.75, 3.05) is 19.0 Å². The molecular weight excluding hydrogens is 475 g/mol. The van der Waals surface area contributed by atoms with Gasteiger partial charge in [0, 0.05) is 13.7 Å². The van der Waals surface area contributed by atoms with Crippen LogP contribution in [0.5, 0.6) is 0 Å². The van der Waals surface area contributed by atoms with E-state index in [0.717, 1.165) is 22.3 Å². The number of aromatic nitrogens is 4. The van der Waals surface area contributed by atoms with Gasteiger partial charge in [-0.25, -0.2) is 18.7 Å². The van der Waals surface area contributed by atoms with E-state index in [1.54, 1.807) is 24.3 Å². The van der Waals surface area contributed by atoms with E-state index in [4.69, 9.17) is 4.74 Å². The first-order valence-corrected chi connectivity index (χ1v) is 10.7. The van der Waals surface area contributed by atoms with Gasteiger partial charge < -0.3 is 14.6 Å². The number of carbonyl (C=O) groups excluding carboxylic acids is 1. The first-order valence-electron chi connectivity index (χ1n) is 10.7. The van der Waals surface area contributed by atoms with Crippen molar-refractivity contribution < 1.29 is 18.8 Å². The Morgan fingerprint density at radius 1 is 1.17 bits per heavy atom. The van der Waals surface area contributed by atoms with Gasteiger partial charge in [0.05, 0.1) is 30.5 Å². The molecule has 4 aromatic rings. The number of methoxy groups -OCH3 is 1. The molecule has 1 N–H and O–H groups in total. The second-order valence-electron chi connectivity index (χ2n) is 7.82. The molecule has 0 aliphatic heterocycles. The number of carbonyl (C=O) groups is 1. The van der Waals surface area contributed by atoms with Gasteiger partial charge in [0.15, 0.2) is 11.2 Å². The minimum absolute atomic E-state index is 0.0861. The van der Waals surface area contributed by atoms with Gasteiger partial charge in [0.25, 0.3) is 11.2 Å². The summed E-state index contributed by atoms with van der Waals surface area (Å²) in [5.74, 6) is -1.73. The highest BCUT2D eigenvalue weighted by Gasteiger charge is 2.22. The van der Waals surface area contributed by atoms with Crippen molar-refractivity contribution in [3.8, 4) is 0 Å². The molecule has 36 heavy (non-hydrogen) atoms. The van der Waals surface area contributed by atoms with E-state index in [0.29, 0.717) is 6.07 Å². The molecule has 1 amide bonds. The minimum Gasteiger partial charge on any atom is -0.383 e. The van der Waals surface area contributed by atoms with Crippen molar-refractivity contribution >= 4 is 28.4 Å². The molecular formula is C23H21FN6O6. The zero-order valence-electron chi connectivity index (χ0n) is 19.1. The Morgan fingerprint density at radius 2 is 1.92 bits per heavy atom. The van der Waals surface area contributed by atoms with Crippen molar-refractivity contribution in [1.29, 1.82) is 0 Å². The summed E-state index contributed by atoms with van der Waals surface area (Å²) in [7, 11) is 1.50. The smallest absolute Gasteiger partial charge is 0.333 e. The zero-order chi connectivity index (χ0) is 25.8. The number of hydrogen-bond donors (Lipinski definition) is 1. The third kappa shape index (κ3) is 4.90. The van der Waals surface area contributed by atoms with E-state index < -0.39 is 40.1 Å². The third-order valence-electron chi connectivity index (χ3n) is 5.44. The van der Waals surface area contributed by atoms with Crippen LogP contribution < -0.4 is 16.6 Å². The van der Waals surface area contributed by atoms with Crippen molar-refractivity contribution in [2.24, 2.45) is 0 Å².